The molecule has 3 N–H and O–H groups in total. The fourth-order valence-corrected chi connectivity index (χ4v) is 5.55. The van der Waals surface area contributed by atoms with Crippen LogP contribution in [0.1, 0.15) is 48.9 Å². The molecule has 6 nitrogen and oxygen atoms in total. The molecule has 0 spiro atoms. The molecule has 4 aliphatic carbocycles. The molecule has 26 heavy (non-hydrogen) atoms. The Morgan fingerprint density at radius 2 is 1.69 bits per heavy atom. The van der Waals surface area contributed by atoms with Gasteiger partial charge in [0, 0.05) is 5.56 Å². The minimum atomic E-state index is -0.609. The van der Waals surface area contributed by atoms with Crippen LogP contribution in [0.3, 0.4) is 0 Å². The van der Waals surface area contributed by atoms with Crippen LogP contribution in [0.5, 0.6) is 5.75 Å². The van der Waals surface area contributed by atoms with E-state index in [1.54, 1.807) is 18.2 Å². The number of nitrogens with one attached hydrogen (secondary N) is 1. The predicted molar refractivity (Wildman–Crippen MR) is 94.2 cm³/mol. The molecule has 4 bridgehead atoms. The average Bonchev–Trinajstić information content (AvgIpc) is 2.58. The summed E-state index contributed by atoms with van der Waals surface area (Å²) in [5, 5.41) is 2.43. The van der Waals surface area contributed by atoms with Crippen molar-refractivity contribution in [2.24, 2.45) is 28.9 Å². The lowest BCUT2D eigenvalue weighted by atomic mass is 9.49. The zero-order chi connectivity index (χ0) is 18.3. The maximum absolute atomic E-state index is 13.0. The van der Waals surface area contributed by atoms with Crippen molar-refractivity contribution >= 4 is 17.8 Å². The normalized spacial score (nSPS) is 31.5. The maximum atomic E-state index is 13.0. The molecule has 0 aliphatic heterocycles. The zero-order valence-corrected chi connectivity index (χ0v) is 14.7. The number of carbonyl (C=O) groups excluding carboxylic acids is 3. The lowest BCUT2D eigenvalue weighted by molar-refractivity contribution is -0.161. The van der Waals surface area contributed by atoms with E-state index in [0.29, 0.717) is 29.1 Å². The molecule has 138 valence electrons. The van der Waals surface area contributed by atoms with Gasteiger partial charge in [-0.1, -0.05) is 6.07 Å². The second-order valence-corrected chi connectivity index (χ2v) is 8.26. The quantitative estimate of drug-likeness (QED) is 0.623. The van der Waals surface area contributed by atoms with Crippen molar-refractivity contribution in [3.63, 3.8) is 0 Å². The summed E-state index contributed by atoms with van der Waals surface area (Å²) in [5.74, 6) is 1.20. The van der Waals surface area contributed by atoms with Crippen LogP contribution in [-0.2, 0) is 9.59 Å². The average molecular weight is 356 g/mol. The highest BCUT2D eigenvalue weighted by Crippen LogP contribution is 2.60. The van der Waals surface area contributed by atoms with E-state index >= 15 is 0 Å². The number of hydrogen-bond donors (Lipinski definition) is 2. The van der Waals surface area contributed by atoms with Crippen molar-refractivity contribution in [3.8, 4) is 5.75 Å². The van der Waals surface area contributed by atoms with Crippen LogP contribution < -0.4 is 15.8 Å². The second-order valence-electron chi connectivity index (χ2n) is 8.26. The van der Waals surface area contributed by atoms with Crippen molar-refractivity contribution < 1.29 is 19.1 Å². The Bertz CT molecular complexity index is 723. The molecule has 0 atom stereocenters. The molecule has 0 radical (unpaired) electrons. The van der Waals surface area contributed by atoms with Crippen LogP contribution in [0.25, 0.3) is 0 Å². The highest BCUT2D eigenvalue weighted by atomic mass is 16.5. The van der Waals surface area contributed by atoms with Gasteiger partial charge in [-0.3, -0.25) is 14.4 Å². The van der Waals surface area contributed by atoms with Gasteiger partial charge in [0.25, 0.3) is 5.91 Å². The molecule has 0 aromatic heterocycles. The van der Waals surface area contributed by atoms with E-state index in [1.807, 2.05) is 0 Å². The van der Waals surface area contributed by atoms with Gasteiger partial charge in [0.1, 0.15) is 5.75 Å². The third kappa shape index (κ3) is 3.20. The van der Waals surface area contributed by atoms with E-state index in [4.69, 9.17) is 10.5 Å². The predicted octanol–water partition coefficient (Wildman–Crippen LogP) is 2.02. The molecular weight excluding hydrogens is 332 g/mol. The van der Waals surface area contributed by atoms with Gasteiger partial charge < -0.3 is 15.8 Å². The third-order valence-corrected chi connectivity index (χ3v) is 6.20. The smallest absolute Gasteiger partial charge is 0.317 e. The maximum Gasteiger partial charge on any atom is 0.317 e. The first kappa shape index (κ1) is 17.1. The van der Waals surface area contributed by atoms with Gasteiger partial charge in [0.2, 0.25) is 5.91 Å². The summed E-state index contributed by atoms with van der Waals surface area (Å²) in [6.07, 6.45) is 6.62. The van der Waals surface area contributed by atoms with E-state index in [9.17, 15) is 14.4 Å². The fraction of sp³-hybridized carbons (Fsp3) is 0.550. The first-order valence-corrected chi connectivity index (χ1v) is 9.32. The van der Waals surface area contributed by atoms with Gasteiger partial charge >= 0.3 is 5.97 Å². The number of ether oxygens (including phenoxy) is 1. The van der Waals surface area contributed by atoms with E-state index < -0.39 is 11.8 Å². The molecule has 4 fully saturated rings. The number of esters is 1. The number of amides is 2. The monoisotopic (exact) mass is 356 g/mol. The van der Waals surface area contributed by atoms with Crippen molar-refractivity contribution in [2.75, 3.05) is 6.54 Å². The Morgan fingerprint density at radius 3 is 2.27 bits per heavy atom. The van der Waals surface area contributed by atoms with E-state index in [2.05, 4.69) is 5.32 Å². The summed E-state index contributed by atoms with van der Waals surface area (Å²) in [6.45, 7) is -0.226. The third-order valence-electron chi connectivity index (χ3n) is 6.20. The Labute approximate surface area is 152 Å². The Morgan fingerprint density at radius 1 is 1.08 bits per heavy atom. The SMILES string of the molecule is NC(=O)CNC(=O)c1cccc(OC(=O)C23CC4CC(CC(C4)C2)C3)c1. The molecule has 4 aliphatic rings. The van der Waals surface area contributed by atoms with Gasteiger partial charge in [-0.05, 0) is 74.5 Å². The second kappa shape index (κ2) is 6.41. The number of primary amides is 1. The molecule has 0 saturated heterocycles. The number of rotatable bonds is 5. The van der Waals surface area contributed by atoms with E-state index in [1.165, 1.54) is 25.3 Å². The first-order chi connectivity index (χ1) is 12.4. The van der Waals surface area contributed by atoms with Crippen molar-refractivity contribution in [1.29, 1.82) is 0 Å². The highest BCUT2D eigenvalue weighted by molar-refractivity contribution is 5.96. The van der Waals surface area contributed by atoms with E-state index in [0.717, 1.165) is 19.3 Å². The lowest BCUT2D eigenvalue weighted by Gasteiger charge is -2.55. The van der Waals surface area contributed by atoms with Gasteiger partial charge in [0.05, 0.1) is 12.0 Å². The Hall–Kier alpha value is -2.37. The minimum Gasteiger partial charge on any atom is -0.426 e. The largest absolute Gasteiger partial charge is 0.426 e. The number of benzene rings is 1. The summed E-state index contributed by atoms with van der Waals surface area (Å²) in [5.41, 5.74) is 5.04. The zero-order valence-electron chi connectivity index (χ0n) is 14.7. The molecule has 4 saturated carbocycles. The standard InChI is InChI=1S/C20H24N2O4/c21-17(23)11-22-18(24)15-2-1-3-16(7-15)26-19(25)20-8-12-4-13(9-20)6-14(5-12)10-20/h1-3,7,12-14H,4-6,8-11H2,(H2,21,23)(H,22,24). The molecular formula is C20H24N2O4. The van der Waals surface area contributed by atoms with E-state index in [-0.39, 0.29) is 17.9 Å². The molecule has 1 aromatic carbocycles. The van der Waals surface area contributed by atoms with Gasteiger partial charge in [-0.2, -0.15) is 0 Å². The number of hydrogen-bond acceptors (Lipinski definition) is 4. The summed E-state index contributed by atoms with van der Waals surface area (Å²) in [6, 6.07) is 6.50. The highest BCUT2D eigenvalue weighted by Gasteiger charge is 2.55. The summed E-state index contributed by atoms with van der Waals surface area (Å²) in [7, 11) is 0. The van der Waals surface area contributed by atoms with Crippen LogP contribution in [-0.4, -0.2) is 24.3 Å². The van der Waals surface area contributed by atoms with Crippen LogP contribution in [0.15, 0.2) is 24.3 Å². The van der Waals surface area contributed by atoms with Crippen LogP contribution in [0.4, 0.5) is 0 Å². The van der Waals surface area contributed by atoms with Crippen LogP contribution in [0, 0.1) is 23.2 Å². The van der Waals surface area contributed by atoms with Gasteiger partial charge in [-0.15, -0.1) is 0 Å². The molecule has 1 aromatic rings. The lowest BCUT2D eigenvalue weighted by Crippen LogP contribution is -2.51. The van der Waals surface area contributed by atoms with Gasteiger partial charge in [0.15, 0.2) is 0 Å². The van der Waals surface area contributed by atoms with Crippen LogP contribution >= 0.6 is 0 Å². The fourth-order valence-electron chi connectivity index (χ4n) is 5.55. The molecule has 0 unspecified atom stereocenters. The topological polar surface area (TPSA) is 98.5 Å². The van der Waals surface area contributed by atoms with Crippen LogP contribution in [0.2, 0.25) is 0 Å². The summed E-state index contributed by atoms with van der Waals surface area (Å²) < 4.78 is 5.71. The number of nitrogens with two attached hydrogens (primary N) is 1. The molecule has 0 heterocycles. The van der Waals surface area contributed by atoms with Crippen molar-refractivity contribution in [3.05, 3.63) is 29.8 Å². The minimum absolute atomic E-state index is 0.147. The van der Waals surface area contributed by atoms with Crippen molar-refractivity contribution in [2.45, 2.75) is 38.5 Å². The Kier molecular flexibility index (Phi) is 4.21. The molecule has 2 amide bonds. The first-order valence-electron chi connectivity index (χ1n) is 9.32. The molecule has 6 heteroatoms. The van der Waals surface area contributed by atoms with Crippen molar-refractivity contribution in [1.82, 2.24) is 5.32 Å². The summed E-state index contributed by atoms with van der Waals surface area (Å²) >= 11 is 0. The number of carbonyl (C=O) groups is 3. The van der Waals surface area contributed by atoms with Gasteiger partial charge in [-0.25, -0.2) is 0 Å². The summed E-state index contributed by atoms with van der Waals surface area (Å²) in [4.78, 5) is 35.8. The Balaban J connectivity index is 1.46. The molecule has 5 rings (SSSR count).